The van der Waals surface area contributed by atoms with Gasteiger partial charge < -0.3 is 24.6 Å². The molecule has 1 saturated carbocycles. The van der Waals surface area contributed by atoms with E-state index in [9.17, 15) is 4.79 Å². The van der Waals surface area contributed by atoms with Crippen molar-refractivity contribution in [1.29, 1.82) is 0 Å². The molecule has 1 N–H and O–H groups in total. The molecule has 8 heteroatoms. The SMILES string of the molecule is O=C(N[C@H]1CC[C@H](CCN2CCN(c3nccc4c3OCC4)CC2)CC1)c1ccc(N2CCOCC2)cc1. The molecule has 1 aromatic carbocycles. The molecule has 2 saturated heterocycles. The van der Waals surface area contributed by atoms with E-state index in [-0.39, 0.29) is 5.91 Å². The molecule has 204 valence electrons. The second kappa shape index (κ2) is 11.9. The molecule has 0 bridgehead atoms. The van der Waals surface area contributed by atoms with Crippen LogP contribution in [0.15, 0.2) is 36.5 Å². The lowest BCUT2D eigenvalue weighted by molar-refractivity contribution is 0.0919. The molecule has 38 heavy (non-hydrogen) atoms. The number of benzene rings is 1. The summed E-state index contributed by atoms with van der Waals surface area (Å²) in [6.07, 6.45) is 8.76. The summed E-state index contributed by atoms with van der Waals surface area (Å²) in [6, 6.07) is 10.4. The number of amides is 1. The van der Waals surface area contributed by atoms with Gasteiger partial charge in [0.25, 0.3) is 5.91 Å². The van der Waals surface area contributed by atoms with Crippen molar-refractivity contribution >= 4 is 17.4 Å². The number of hydrogen-bond donors (Lipinski definition) is 1. The zero-order chi connectivity index (χ0) is 25.7. The average molecular weight is 520 g/mol. The van der Waals surface area contributed by atoms with E-state index in [1.165, 1.54) is 37.1 Å². The monoisotopic (exact) mass is 519 g/mol. The third-order valence-corrected chi connectivity index (χ3v) is 8.80. The standard InChI is InChI=1S/C30H41N5O3/c36-30(25-3-7-27(8-4-25)34-18-21-37-22-19-34)32-26-5-1-23(2-6-26)10-13-33-14-16-35(17-15-33)29-28-24(9-12-31-29)11-20-38-28/h3-4,7-9,12,23,26H,1-2,5-6,10-11,13-22H2,(H,32,36)/t23-,26-. The smallest absolute Gasteiger partial charge is 0.251 e. The van der Waals surface area contributed by atoms with E-state index in [0.717, 1.165) is 101 Å². The molecule has 4 heterocycles. The van der Waals surface area contributed by atoms with E-state index in [1.807, 2.05) is 18.3 Å². The van der Waals surface area contributed by atoms with Crippen molar-refractivity contribution in [3.63, 3.8) is 0 Å². The molecule has 3 aliphatic heterocycles. The number of pyridine rings is 1. The number of rotatable bonds is 7. The number of aromatic nitrogens is 1. The van der Waals surface area contributed by atoms with Crippen LogP contribution in [0.3, 0.4) is 0 Å². The van der Waals surface area contributed by atoms with Crippen LogP contribution in [0, 0.1) is 5.92 Å². The molecule has 8 nitrogen and oxygen atoms in total. The van der Waals surface area contributed by atoms with Crippen molar-refractivity contribution in [3.05, 3.63) is 47.7 Å². The van der Waals surface area contributed by atoms with Gasteiger partial charge >= 0.3 is 0 Å². The highest BCUT2D eigenvalue weighted by Crippen LogP contribution is 2.34. The minimum absolute atomic E-state index is 0.0591. The van der Waals surface area contributed by atoms with Crippen LogP contribution < -0.4 is 19.9 Å². The van der Waals surface area contributed by atoms with E-state index < -0.39 is 0 Å². The highest BCUT2D eigenvalue weighted by molar-refractivity contribution is 5.94. The number of carbonyl (C=O) groups excluding carboxylic acids is 1. The van der Waals surface area contributed by atoms with Crippen molar-refractivity contribution in [2.75, 3.05) is 75.4 Å². The Morgan fingerprint density at radius 1 is 0.895 bits per heavy atom. The van der Waals surface area contributed by atoms with Gasteiger partial charge in [-0.2, -0.15) is 0 Å². The van der Waals surface area contributed by atoms with Crippen molar-refractivity contribution in [1.82, 2.24) is 15.2 Å². The lowest BCUT2D eigenvalue weighted by atomic mass is 9.84. The van der Waals surface area contributed by atoms with Crippen molar-refractivity contribution in [2.24, 2.45) is 5.92 Å². The minimum atomic E-state index is 0.0591. The summed E-state index contributed by atoms with van der Waals surface area (Å²) in [7, 11) is 0. The van der Waals surface area contributed by atoms with Gasteiger partial charge in [-0.25, -0.2) is 4.98 Å². The summed E-state index contributed by atoms with van der Waals surface area (Å²) in [5.41, 5.74) is 3.22. The Balaban J connectivity index is 0.898. The number of piperazine rings is 1. The van der Waals surface area contributed by atoms with Crippen LogP contribution >= 0.6 is 0 Å². The Kier molecular flexibility index (Phi) is 7.97. The molecule has 3 fully saturated rings. The van der Waals surface area contributed by atoms with Crippen molar-refractivity contribution < 1.29 is 14.3 Å². The predicted molar refractivity (Wildman–Crippen MR) is 149 cm³/mol. The summed E-state index contributed by atoms with van der Waals surface area (Å²) in [4.78, 5) is 24.8. The highest BCUT2D eigenvalue weighted by atomic mass is 16.5. The summed E-state index contributed by atoms with van der Waals surface area (Å²) in [5, 5.41) is 3.29. The normalized spacial score (nSPS) is 24.1. The third-order valence-electron chi connectivity index (χ3n) is 8.80. The third kappa shape index (κ3) is 5.91. The van der Waals surface area contributed by atoms with Gasteiger partial charge in [0.15, 0.2) is 11.6 Å². The Hall–Kier alpha value is -2.84. The van der Waals surface area contributed by atoms with Gasteiger partial charge in [-0.05, 0) is 74.9 Å². The molecule has 0 unspecified atom stereocenters. The number of carbonyl (C=O) groups is 1. The fraction of sp³-hybridized carbons (Fsp3) is 0.600. The lowest BCUT2D eigenvalue weighted by Crippen LogP contribution is -2.47. The Morgan fingerprint density at radius 2 is 1.66 bits per heavy atom. The van der Waals surface area contributed by atoms with E-state index >= 15 is 0 Å². The second-order valence-corrected chi connectivity index (χ2v) is 11.2. The highest BCUT2D eigenvalue weighted by Gasteiger charge is 2.27. The number of hydrogen-bond acceptors (Lipinski definition) is 7. The molecular weight excluding hydrogens is 478 g/mol. The summed E-state index contributed by atoms with van der Waals surface area (Å²) < 4.78 is 11.3. The fourth-order valence-electron chi connectivity index (χ4n) is 6.38. The minimum Gasteiger partial charge on any atom is -0.489 e. The first kappa shape index (κ1) is 25.4. The number of nitrogens with zero attached hydrogens (tertiary/aromatic N) is 4. The number of fused-ring (bicyclic) bond motifs is 1. The number of morpholine rings is 1. The second-order valence-electron chi connectivity index (χ2n) is 11.2. The largest absolute Gasteiger partial charge is 0.489 e. The first-order valence-electron chi connectivity index (χ1n) is 14.5. The van der Waals surface area contributed by atoms with Gasteiger partial charge in [0.1, 0.15) is 0 Å². The predicted octanol–water partition coefficient (Wildman–Crippen LogP) is 3.35. The van der Waals surface area contributed by atoms with Crippen LogP contribution in [-0.2, 0) is 11.2 Å². The molecule has 0 radical (unpaired) electrons. The van der Waals surface area contributed by atoms with E-state index in [2.05, 4.69) is 43.2 Å². The van der Waals surface area contributed by atoms with Crippen LogP contribution in [0.5, 0.6) is 5.75 Å². The Morgan fingerprint density at radius 3 is 2.42 bits per heavy atom. The van der Waals surface area contributed by atoms with E-state index in [4.69, 9.17) is 9.47 Å². The number of ether oxygens (including phenoxy) is 2. The van der Waals surface area contributed by atoms with Crippen molar-refractivity contribution in [2.45, 2.75) is 44.6 Å². The summed E-state index contributed by atoms with van der Waals surface area (Å²) in [5.74, 6) is 2.87. The van der Waals surface area contributed by atoms with Crippen LogP contribution in [0.1, 0.15) is 48.0 Å². The molecular formula is C30H41N5O3. The van der Waals surface area contributed by atoms with Gasteiger partial charge in [0.2, 0.25) is 0 Å². The average Bonchev–Trinajstić information content (AvgIpc) is 3.47. The fourth-order valence-corrected chi connectivity index (χ4v) is 6.38. The molecule has 4 aliphatic rings. The van der Waals surface area contributed by atoms with Gasteiger partial charge in [-0.1, -0.05) is 0 Å². The molecule has 2 aromatic rings. The zero-order valence-corrected chi connectivity index (χ0v) is 22.4. The van der Waals surface area contributed by atoms with Crippen LogP contribution in [-0.4, -0.2) is 87.5 Å². The summed E-state index contributed by atoms with van der Waals surface area (Å²) >= 11 is 0. The molecule has 0 spiro atoms. The van der Waals surface area contributed by atoms with Gasteiger partial charge in [-0.15, -0.1) is 0 Å². The number of nitrogens with one attached hydrogen (secondary N) is 1. The zero-order valence-electron chi connectivity index (χ0n) is 22.4. The van der Waals surface area contributed by atoms with Gasteiger partial charge in [0.05, 0.1) is 19.8 Å². The van der Waals surface area contributed by atoms with Crippen LogP contribution in [0.2, 0.25) is 0 Å². The van der Waals surface area contributed by atoms with E-state index in [1.54, 1.807) is 0 Å². The lowest BCUT2D eigenvalue weighted by Gasteiger charge is -2.37. The molecule has 1 aromatic heterocycles. The van der Waals surface area contributed by atoms with Crippen LogP contribution in [0.25, 0.3) is 0 Å². The maximum Gasteiger partial charge on any atom is 0.251 e. The Labute approximate surface area is 226 Å². The first-order chi connectivity index (χ1) is 18.7. The summed E-state index contributed by atoms with van der Waals surface area (Å²) in [6.45, 7) is 9.50. The maximum absolute atomic E-state index is 12.8. The Bertz CT molecular complexity index is 1070. The first-order valence-corrected chi connectivity index (χ1v) is 14.5. The topological polar surface area (TPSA) is 70.2 Å². The molecule has 1 amide bonds. The van der Waals surface area contributed by atoms with Gasteiger partial charge in [-0.3, -0.25) is 9.69 Å². The number of anilines is 2. The molecule has 1 aliphatic carbocycles. The van der Waals surface area contributed by atoms with E-state index in [0.29, 0.717) is 6.04 Å². The van der Waals surface area contributed by atoms with Crippen molar-refractivity contribution in [3.8, 4) is 5.75 Å². The van der Waals surface area contributed by atoms with Crippen LogP contribution in [0.4, 0.5) is 11.5 Å². The quantitative estimate of drug-likeness (QED) is 0.602. The van der Waals surface area contributed by atoms with Gasteiger partial charge in [0, 0.05) is 74.7 Å². The molecule has 6 rings (SSSR count). The molecule has 0 atom stereocenters. The maximum atomic E-state index is 12.8.